The van der Waals surface area contributed by atoms with Crippen molar-refractivity contribution < 1.29 is 19.8 Å². The number of nitrogens with two attached hydrogens (primary N) is 4. The first-order valence-corrected chi connectivity index (χ1v) is 16.8. The van der Waals surface area contributed by atoms with Gasteiger partial charge in [0.25, 0.3) is 0 Å². The first kappa shape index (κ1) is 42.8. The number of carboxylic acids is 2. The molecule has 1 aromatic carbocycles. The van der Waals surface area contributed by atoms with Crippen LogP contribution < -0.4 is 22.9 Å². The van der Waals surface area contributed by atoms with Gasteiger partial charge in [0.1, 0.15) is 0 Å². The van der Waals surface area contributed by atoms with E-state index in [9.17, 15) is 9.59 Å². The molecule has 0 bridgehead atoms. The molecule has 0 amide bonds. The molecule has 0 radical (unpaired) electrons. The van der Waals surface area contributed by atoms with E-state index in [0.717, 1.165) is 25.9 Å². The van der Waals surface area contributed by atoms with Crippen molar-refractivity contribution in [1.82, 2.24) is 0 Å². The second kappa shape index (κ2) is 32.6. The fourth-order valence-corrected chi connectivity index (χ4v) is 4.47. The maximum Gasteiger partial charge on any atom is 0.336 e. The number of benzene rings is 1. The summed E-state index contributed by atoms with van der Waals surface area (Å²) in [6.07, 6.45) is 26.9. The summed E-state index contributed by atoms with van der Waals surface area (Å²) in [6.45, 7) is 6.10. The monoisotopic (exact) mass is 620 g/mol. The summed E-state index contributed by atoms with van der Waals surface area (Å²) in [5.74, 6) is -2.02. The smallest absolute Gasteiger partial charge is 0.336 e. The SMILES string of the molecule is CCCCCCCCCCCCN=C(N)N.CCCCCCCCCCCCN=C(N)N.O=C(O)c1ccccc1C(=O)O. The van der Waals surface area contributed by atoms with E-state index >= 15 is 0 Å². The number of unbranched alkanes of at least 4 members (excludes halogenated alkanes) is 18. The number of rotatable bonds is 24. The maximum atomic E-state index is 10.5. The standard InChI is InChI=1S/2C13H29N3.C8H6O4/c2*1-2-3-4-5-6-7-8-9-10-11-12-16-13(14)15;9-7(10)5-3-1-2-4-6(5)8(11)12/h2*2-12H2,1H3,(H4,14,15,16);1-4H,(H,9,10)(H,11,12). The molecule has 0 saturated heterocycles. The predicted octanol–water partition coefficient (Wildman–Crippen LogP) is 7.44. The molecule has 44 heavy (non-hydrogen) atoms. The van der Waals surface area contributed by atoms with E-state index < -0.39 is 11.9 Å². The molecule has 10 nitrogen and oxygen atoms in total. The molecular weight excluding hydrogens is 556 g/mol. The minimum Gasteiger partial charge on any atom is -0.478 e. The zero-order valence-electron chi connectivity index (χ0n) is 27.8. The van der Waals surface area contributed by atoms with Gasteiger partial charge < -0.3 is 33.1 Å². The highest BCUT2D eigenvalue weighted by molar-refractivity contribution is 6.01. The van der Waals surface area contributed by atoms with Crippen molar-refractivity contribution in [2.75, 3.05) is 13.1 Å². The number of nitrogens with zero attached hydrogens (tertiary/aromatic N) is 2. The summed E-state index contributed by atoms with van der Waals surface area (Å²) in [4.78, 5) is 28.9. The minimum absolute atomic E-state index is 0.190. The molecule has 0 aliphatic rings. The van der Waals surface area contributed by atoms with Crippen molar-refractivity contribution in [1.29, 1.82) is 0 Å². The molecule has 1 rings (SSSR count). The van der Waals surface area contributed by atoms with Gasteiger partial charge in [0.05, 0.1) is 11.1 Å². The Balaban J connectivity index is 0. The number of aromatic carboxylic acids is 2. The quantitative estimate of drug-likeness (QED) is 0.0388. The summed E-state index contributed by atoms with van der Waals surface area (Å²) < 4.78 is 0. The molecule has 0 unspecified atom stereocenters. The van der Waals surface area contributed by atoms with E-state index in [1.54, 1.807) is 0 Å². The van der Waals surface area contributed by atoms with Crippen LogP contribution in [0.5, 0.6) is 0 Å². The van der Waals surface area contributed by atoms with Crippen LogP contribution >= 0.6 is 0 Å². The molecule has 254 valence electrons. The second-order valence-electron chi connectivity index (χ2n) is 11.1. The van der Waals surface area contributed by atoms with Crippen molar-refractivity contribution in [3.05, 3.63) is 35.4 Å². The normalized spacial score (nSPS) is 10.0. The van der Waals surface area contributed by atoms with Crippen molar-refractivity contribution >= 4 is 23.9 Å². The second-order valence-corrected chi connectivity index (χ2v) is 11.1. The molecule has 0 aromatic heterocycles. The van der Waals surface area contributed by atoms with Crippen LogP contribution in [0.15, 0.2) is 34.3 Å². The highest BCUT2D eigenvalue weighted by Gasteiger charge is 2.13. The molecule has 0 fully saturated rings. The van der Waals surface area contributed by atoms with Crippen LogP contribution in [0, 0.1) is 0 Å². The molecule has 0 saturated carbocycles. The topological polar surface area (TPSA) is 203 Å². The van der Waals surface area contributed by atoms with Gasteiger partial charge in [-0.1, -0.05) is 142 Å². The van der Waals surface area contributed by atoms with Gasteiger partial charge in [-0.05, 0) is 25.0 Å². The van der Waals surface area contributed by atoms with E-state index in [4.69, 9.17) is 33.1 Å². The van der Waals surface area contributed by atoms with Crippen molar-refractivity contribution in [3.8, 4) is 0 Å². The van der Waals surface area contributed by atoms with Crippen LogP contribution in [-0.4, -0.2) is 47.2 Å². The summed E-state index contributed by atoms with van der Waals surface area (Å²) >= 11 is 0. The van der Waals surface area contributed by atoms with Crippen LogP contribution in [0.4, 0.5) is 0 Å². The zero-order chi connectivity index (χ0) is 33.3. The number of carbonyl (C=O) groups is 2. The average Bonchev–Trinajstić information content (AvgIpc) is 2.99. The highest BCUT2D eigenvalue weighted by Crippen LogP contribution is 2.11. The van der Waals surface area contributed by atoms with Crippen molar-refractivity contribution in [2.45, 2.75) is 142 Å². The summed E-state index contributed by atoms with van der Waals surface area (Å²) in [7, 11) is 0. The lowest BCUT2D eigenvalue weighted by Gasteiger charge is -2.01. The first-order valence-electron chi connectivity index (χ1n) is 16.8. The van der Waals surface area contributed by atoms with Crippen LogP contribution in [0.2, 0.25) is 0 Å². The first-order chi connectivity index (χ1) is 21.2. The van der Waals surface area contributed by atoms with Gasteiger partial charge in [0.15, 0.2) is 11.9 Å². The average molecular weight is 621 g/mol. The molecule has 0 spiro atoms. The molecule has 0 aliphatic carbocycles. The zero-order valence-corrected chi connectivity index (χ0v) is 27.8. The van der Waals surface area contributed by atoms with Gasteiger partial charge in [0, 0.05) is 13.1 Å². The Morgan fingerprint density at radius 3 is 0.977 bits per heavy atom. The van der Waals surface area contributed by atoms with E-state index in [1.165, 1.54) is 140 Å². The van der Waals surface area contributed by atoms with Crippen LogP contribution in [-0.2, 0) is 0 Å². The van der Waals surface area contributed by atoms with Crippen LogP contribution in [0.3, 0.4) is 0 Å². The predicted molar refractivity (Wildman–Crippen MR) is 185 cm³/mol. The molecular formula is C34H64N6O4. The Hall–Kier alpha value is -3.30. The summed E-state index contributed by atoms with van der Waals surface area (Å²) in [5, 5.41) is 17.1. The van der Waals surface area contributed by atoms with E-state index in [2.05, 4.69) is 23.8 Å². The third-order valence-corrected chi connectivity index (χ3v) is 7.00. The van der Waals surface area contributed by atoms with Crippen molar-refractivity contribution in [2.24, 2.45) is 32.9 Å². The third kappa shape index (κ3) is 31.6. The lowest BCUT2D eigenvalue weighted by Crippen LogP contribution is -2.22. The largest absolute Gasteiger partial charge is 0.478 e. The van der Waals surface area contributed by atoms with E-state index in [1.807, 2.05) is 0 Å². The van der Waals surface area contributed by atoms with Crippen LogP contribution in [0.1, 0.15) is 163 Å². The van der Waals surface area contributed by atoms with Gasteiger partial charge >= 0.3 is 11.9 Å². The van der Waals surface area contributed by atoms with Gasteiger partial charge in [-0.15, -0.1) is 0 Å². The van der Waals surface area contributed by atoms with E-state index in [0.29, 0.717) is 0 Å². The fourth-order valence-electron chi connectivity index (χ4n) is 4.47. The lowest BCUT2D eigenvalue weighted by atomic mass is 10.1. The number of hydrogen-bond acceptors (Lipinski definition) is 4. The number of aliphatic imine (C=N–C) groups is 2. The Morgan fingerprint density at radius 1 is 0.500 bits per heavy atom. The Kier molecular flexibility index (Phi) is 31.7. The lowest BCUT2D eigenvalue weighted by molar-refractivity contribution is 0.0651. The Bertz CT molecular complexity index is 813. The maximum absolute atomic E-state index is 10.5. The van der Waals surface area contributed by atoms with Crippen LogP contribution in [0.25, 0.3) is 0 Å². The minimum atomic E-state index is -1.23. The summed E-state index contributed by atoms with van der Waals surface area (Å²) in [5.41, 5.74) is 20.6. The molecule has 1 aromatic rings. The molecule has 10 N–H and O–H groups in total. The Labute approximate surface area is 267 Å². The number of hydrogen-bond donors (Lipinski definition) is 6. The number of guanidine groups is 2. The molecule has 0 aliphatic heterocycles. The van der Waals surface area contributed by atoms with Gasteiger partial charge in [0.2, 0.25) is 0 Å². The van der Waals surface area contributed by atoms with Gasteiger partial charge in [-0.3, -0.25) is 9.98 Å². The van der Waals surface area contributed by atoms with Gasteiger partial charge in [-0.25, -0.2) is 9.59 Å². The van der Waals surface area contributed by atoms with E-state index in [-0.39, 0.29) is 23.0 Å². The van der Waals surface area contributed by atoms with Gasteiger partial charge in [-0.2, -0.15) is 0 Å². The highest BCUT2D eigenvalue weighted by atomic mass is 16.4. The molecule has 0 atom stereocenters. The number of carboxylic acid groups (broad SMARTS) is 2. The molecule has 0 heterocycles. The summed E-state index contributed by atoms with van der Waals surface area (Å²) in [6, 6.07) is 5.48. The third-order valence-electron chi connectivity index (χ3n) is 7.00. The molecule has 10 heteroatoms. The Morgan fingerprint density at radius 2 is 0.750 bits per heavy atom. The fraction of sp³-hybridized carbons (Fsp3) is 0.706. The van der Waals surface area contributed by atoms with Crippen molar-refractivity contribution in [3.63, 3.8) is 0 Å².